The number of ether oxygens (including phenoxy) is 3. The summed E-state index contributed by atoms with van der Waals surface area (Å²) in [5.74, 6) is 2.41. The Kier molecular flexibility index (Phi) is 4.75. The second-order valence-corrected chi connectivity index (χ2v) is 7.71. The Morgan fingerprint density at radius 3 is 2.53 bits per heavy atom. The third kappa shape index (κ3) is 3.15. The number of rotatable bonds is 4. The zero-order valence-electron chi connectivity index (χ0n) is 16.7. The molecule has 0 saturated heterocycles. The van der Waals surface area contributed by atoms with Crippen molar-refractivity contribution >= 4 is 17.3 Å². The number of nitrogens with zero attached hydrogens (tertiary/aromatic N) is 2. The molecular weight excluding hydrogens is 400 g/mol. The molecular formula is C24H21ClN2O3. The number of para-hydroxylation sites is 1. The zero-order chi connectivity index (χ0) is 20.7. The van der Waals surface area contributed by atoms with Gasteiger partial charge < -0.3 is 14.2 Å². The maximum Gasteiger partial charge on any atom is 0.217 e. The number of hydrogen-bond donors (Lipinski definition) is 0. The third-order valence-corrected chi connectivity index (χ3v) is 5.82. The minimum Gasteiger partial charge on any atom is -0.497 e. The van der Waals surface area contributed by atoms with Gasteiger partial charge in [0.1, 0.15) is 17.2 Å². The van der Waals surface area contributed by atoms with Crippen molar-refractivity contribution in [3.8, 4) is 17.2 Å². The molecule has 5 rings (SSSR count). The van der Waals surface area contributed by atoms with Crippen LogP contribution in [0.15, 0.2) is 71.8 Å². The van der Waals surface area contributed by atoms with Crippen molar-refractivity contribution in [2.45, 2.75) is 18.7 Å². The fourth-order valence-electron chi connectivity index (χ4n) is 4.09. The molecule has 0 saturated carbocycles. The summed E-state index contributed by atoms with van der Waals surface area (Å²) < 4.78 is 17.3. The molecule has 0 bridgehead atoms. The Bertz CT molecular complexity index is 1110. The van der Waals surface area contributed by atoms with Gasteiger partial charge in [0.2, 0.25) is 6.23 Å². The van der Waals surface area contributed by atoms with E-state index in [1.807, 2.05) is 71.7 Å². The monoisotopic (exact) mass is 420 g/mol. The smallest absolute Gasteiger partial charge is 0.217 e. The van der Waals surface area contributed by atoms with E-state index in [4.69, 9.17) is 30.9 Å². The first kappa shape index (κ1) is 18.8. The van der Waals surface area contributed by atoms with Gasteiger partial charge in [-0.15, -0.1) is 0 Å². The van der Waals surface area contributed by atoms with Gasteiger partial charge in [0.05, 0.1) is 31.5 Å². The average molecular weight is 421 g/mol. The minimum absolute atomic E-state index is 0.0273. The quantitative estimate of drug-likeness (QED) is 0.551. The van der Waals surface area contributed by atoms with Crippen LogP contribution in [0, 0.1) is 0 Å². The van der Waals surface area contributed by atoms with Gasteiger partial charge in [-0.2, -0.15) is 5.10 Å². The molecule has 0 aliphatic carbocycles. The van der Waals surface area contributed by atoms with E-state index in [9.17, 15) is 0 Å². The molecule has 2 atom stereocenters. The van der Waals surface area contributed by atoms with Gasteiger partial charge in [-0.25, -0.2) is 5.01 Å². The highest BCUT2D eigenvalue weighted by molar-refractivity contribution is 6.30. The van der Waals surface area contributed by atoms with Crippen molar-refractivity contribution in [2.24, 2.45) is 5.10 Å². The summed E-state index contributed by atoms with van der Waals surface area (Å²) in [5, 5.41) is 7.69. The largest absolute Gasteiger partial charge is 0.497 e. The van der Waals surface area contributed by atoms with E-state index in [1.165, 1.54) is 0 Å². The standard InChI is InChI=1S/C24H21ClN2O3/c1-28-17-10-7-15(8-11-17)20-14-21-19-13-16(25)9-12-23(19)30-24(27(21)26-20)18-5-3-4-6-22(18)29-2/h3-13,21,24H,14H2,1-2H3/t21-,24+/m0/s1. The van der Waals surface area contributed by atoms with E-state index in [-0.39, 0.29) is 6.04 Å². The molecule has 0 N–H and O–H groups in total. The highest BCUT2D eigenvalue weighted by atomic mass is 35.5. The Morgan fingerprint density at radius 1 is 0.967 bits per heavy atom. The summed E-state index contributed by atoms with van der Waals surface area (Å²) in [7, 11) is 3.33. The maximum atomic E-state index is 6.41. The highest BCUT2D eigenvalue weighted by Crippen LogP contribution is 2.49. The SMILES string of the molecule is COc1ccc(C2=NN3[C@@H](c4ccccc4OC)Oc4ccc(Cl)cc4[C@@H]3C2)cc1. The highest BCUT2D eigenvalue weighted by Gasteiger charge is 2.42. The van der Waals surface area contributed by atoms with Crippen LogP contribution in [0.5, 0.6) is 17.2 Å². The van der Waals surface area contributed by atoms with Gasteiger partial charge in [-0.05, 0) is 60.2 Å². The molecule has 0 amide bonds. The molecule has 152 valence electrons. The molecule has 6 heteroatoms. The van der Waals surface area contributed by atoms with Crippen LogP contribution >= 0.6 is 11.6 Å². The lowest BCUT2D eigenvalue weighted by atomic mass is 9.95. The summed E-state index contributed by atoms with van der Waals surface area (Å²) in [6, 6.07) is 21.7. The van der Waals surface area contributed by atoms with Crippen molar-refractivity contribution in [1.29, 1.82) is 0 Å². The lowest BCUT2D eigenvalue weighted by Crippen LogP contribution is -2.33. The van der Waals surface area contributed by atoms with Crippen molar-refractivity contribution in [1.82, 2.24) is 5.01 Å². The second-order valence-electron chi connectivity index (χ2n) is 7.27. The van der Waals surface area contributed by atoms with Gasteiger partial charge in [-0.1, -0.05) is 23.7 Å². The predicted molar refractivity (Wildman–Crippen MR) is 117 cm³/mol. The van der Waals surface area contributed by atoms with E-state index in [0.29, 0.717) is 5.02 Å². The van der Waals surface area contributed by atoms with E-state index >= 15 is 0 Å². The average Bonchev–Trinajstić information content (AvgIpc) is 3.24. The summed E-state index contributed by atoms with van der Waals surface area (Å²) in [4.78, 5) is 0. The van der Waals surface area contributed by atoms with Crippen LogP contribution in [0.1, 0.15) is 35.4 Å². The Balaban J connectivity index is 1.60. The van der Waals surface area contributed by atoms with Gasteiger partial charge in [0.25, 0.3) is 0 Å². The van der Waals surface area contributed by atoms with Crippen molar-refractivity contribution in [3.63, 3.8) is 0 Å². The molecule has 5 nitrogen and oxygen atoms in total. The van der Waals surface area contributed by atoms with E-state index in [1.54, 1.807) is 14.2 Å². The summed E-state index contributed by atoms with van der Waals surface area (Å²) in [6.45, 7) is 0. The molecule has 0 fully saturated rings. The van der Waals surface area contributed by atoms with Crippen LogP contribution < -0.4 is 14.2 Å². The molecule has 3 aromatic carbocycles. The van der Waals surface area contributed by atoms with Crippen LogP contribution in [0.4, 0.5) is 0 Å². The Hall–Kier alpha value is -3.18. The number of methoxy groups -OCH3 is 2. The van der Waals surface area contributed by atoms with Gasteiger partial charge in [0.15, 0.2) is 0 Å². The first-order chi connectivity index (χ1) is 14.7. The Morgan fingerprint density at radius 2 is 1.77 bits per heavy atom. The van der Waals surface area contributed by atoms with Crippen molar-refractivity contribution < 1.29 is 14.2 Å². The van der Waals surface area contributed by atoms with Gasteiger partial charge in [0, 0.05) is 17.0 Å². The topological polar surface area (TPSA) is 43.3 Å². The molecule has 0 radical (unpaired) electrons. The van der Waals surface area contributed by atoms with E-state index in [2.05, 4.69) is 0 Å². The molecule has 0 unspecified atom stereocenters. The Labute approximate surface area is 180 Å². The molecule has 30 heavy (non-hydrogen) atoms. The van der Waals surface area contributed by atoms with Crippen molar-refractivity contribution in [2.75, 3.05) is 14.2 Å². The number of hydrogen-bond acceptors (Lipinski definition) is 5. The lowest BCUT2D eigenvalue weighted by Gasteiger charge is -2.38. The first-order valence-electron chi connectivity index (χ1n) is 9.77. The number of hydrazone groups is 1. The molecule has 0 spiro atoms. The minimum atomic E-state index is -0.393. The van der Waals surface area contributed by atoms with Gasteiger partial charge >= 0.3 is 0 Å². The fraction of sp³-hybridized carbons (Fsp3) is 0.208. The molecule has 2 heterocycles. The summed E-state index contributed by atoms with van der Waals surface area (Å²) in [5.41, 5.74) is 4.04. The number of halogens is 1. The summed E-state index contributed by atoms with van der Waals surface area (Å²) in [6.07, 6.45) is 0.366. The van der Waals surface area contributed by atoms with Crippen LogP contribution in [0.25, 0.3) is 0 Å². The maximum absolute atomic E-state index is 6.41. The van der Waals surface area contributed by atoms with Gasteiger partial charge in [-0.3, -0.25) is 0 Å². The molecule has 3 aromatic rings. The second kappa shape index (κ2) is 7.58. The van der Waals surface area contributed by atoms with Crippen LogP contribution in [-0.2, 0) is 0 Å². The number of fused-ring (bicyclic) bond motifs is 3. The van der Waals surface area contributed by atoms with Crippen LogP contribution in [0.3, 0.4) is 0 Å². The zero-order valence-corrected chi connectivity index (χ0v) is 17.5. The number of benzene rings is 3. The lowest BCUT2D eigenvalue weighted by molar-refractivity contribution is -0.0203. The molecule has 2 aliphatic heterocycles. The first-order valence-corrected chi connectivity index (χ1v) is 10.1. The molecule has 0 aromatic heterocycles. The van der Waals surface area contributed by atoms with E-state index in [0.717, 1.165) is 46.1 Å². The van der Waals surface area contributed by atoms with Crippen molar-refractivity contribution in [3.05, 3.63) is 88.4 Å². The van der Waals surface area contributed by atoms with E-state index < -0.39 is 6.23 Å². The normalized spacial score (nSPS) is 19.4. The fourth-order valence-corrected chi connectivity index (χ4v) is 4.27. The predicted octanol–water partition coefficient (Wildman–Crippen LogP) is 5.60. The third-order valence-electron chi connectivity index (χ3n) is 5.58. The molecule has 2 aliphatic rings. The van der Waals surface area contributed by atoms with Crippen LogP contribution in [0.2, 0.25) is 5.02 Å². The van der Waals surface area contributed by atoms with Crippen LogP contribution in [-0.4, -0.2) is 24.9 Å². The summed E-state index contributed by atoms with van der Waals surface area (Å²) >= 11 is 6.31.